The van der Waals surface area contributed by atoms with Gasteiger partial charge in [-0.05, 0) is 112 Å². The van der Waals surface area contributed by atoms with Gasteiger partial charge < -0.3 is 14.2 Å². The Kier molecular flexibility index (Phi) is 7.99. The summed E-state index contributed by atoms with van der Waals surface area (Å²) in [7, 11) is 5.27. The summed E-state index contributed by atoms with van der Waals surface area (Å²) in [4.78, 5) is 0. The Bertz CT molecular complexity index is 1950. The first-order chi connectivity index (χ1) is 25.5. The number of hydrogen-bond donors (Lipinski definition) is 0. The molecule has 3 nitrogen and oxygen atoms in total. The fraction of sp³-hybridized carbons (Fsp3) is 0.265. The first-order valence-corrected chi connectivity index (χ1v) is 18.7. The highest BCUT2D eigenvalue weighted by Gasteiger charge is 2.64. The largest absolute Gasteiger partial charge is 0.496 e. The molecule has 6 aromatic carbocycles. The van der Waals surface area contributed by atoms with Gasteiger partial charge in [0.05, 0.1) is 21.3 Å². The minimum Gasteiger partial charge on any atom is -0.496 e. The molecule has 4 fully saturated rings. The zero-order valence-corrected chi connectivity index (χ0v) is 30.4. The predicted molar refractivity (Wildman–Crippen MR) is 212 cm³/mol. The molecule has 3 heteroatoms. The van der Waals surface area contributed by atoms with E-state index in [1.807, 2.05) is 36.4 Å². The Morgan fingerprint density at radius 3 is 0.904 bits per heavy atom. The molecule has 0 saturated heterocycles. The Balaban J connectivity index is 1.13. The molecule has 0 unspecified atom stereocenters. The lowest BCUT2D eigenvalue weighted by Gasteiger charge is -2.67. The highest BCUT2D eigenvalue weighted by atomic mass is 16.5. The van der Waals surface area contributed by atoms with Crippen molar-refractivity contribution in [2.24, 2.45) is 5.92 Å². The van der Waals surface area contributed by atoms with Gasteiger partial charge in [-0.15, -0.1) is 0 Å². The molecule has 0 heterocycles. The first-order valence-electron chi connectivity index (χ1n) is 18.7. The lowest BCUT2D eigenvalue weighted by atomic mass is 9.36. The molecule has 0 atom stereocenters. The number of ether oxygens (including phenoxy) is 3. The summed E-state index contributed by atoms with van der Waals surface area (Å²) in [5.74, 6) is 3.40. The maximum Gasteiger partial charge on any atom is 0.126 e. The van der Waals surface area contributed by atoms with Gasteiger partial charge >= 0.3 is 0 Å². The SMILES string of the molecule is COc1ccccc1-c1ccc(C23CC4CC(c5ccc(-c6ccccc6OC)cc5)(C2)CC(c2ccc(-c5ccccc5OC)cc2)(C4)C3)cc1. The van der Waals surface area contributed by atoms with E-state index < -0.39 is 0 Å². The minimum absolute atomic E-state index is 0.0986. The van der Waals surface area contributed by atoms with E-state index >= 15 is 0 Å². The van der Waals surface area contributed by atoms with Crippen LogP contribution in [0.3, 0.4) is 0 Å². The standard InChI is InChI=1S/C49H46O3/c1-50-44-13-7-4-10-41(44)35-16-22-38(23-17-35)47-28-34-29-48(31-47,39-24-18-36(19-25-39)42-11-5-8-14-45(42)51-2)33-49(30-34,32-47)40-26-20-37(21-27-40)43-12-6-9-15-46(43)52-3/h4-27,34H,28-33H2,1-3H3. The average molecular weight is 683 g/mol. The Morgan fingerprint density at radius 1 is 0.365 bits per heavy atom. The van der Waals surface area contributed by atoms with Crippen molar-refractivity contribution in [1.82, 2.24) is 0 Å². The van der Waals surface area contributed by atoms with Crippen molar-refractivity contribution >= 4 is 0 Å². The van der Waals surface area contributed by atoms with Crippen molar-refractivity contribution in [1.29, 1.82) is 0 Å². The van der Waals surface area contributed by atoms with Gasteiger partial charge in [0.15, 0.2) is 0 Å². The Morgan fingerprint density at radius 2 is 0.635 bits per heavy atom. The second-order valence-electron chi connectivity index (χ2n) is 15.7. The van der Waals surface area contributed by atoms with E-state index in [0.717, 1.165) is 33.9 Å². The van der Waals surface area contributed by atoms with Crippen LogP contribution in [0.1, 0.15) is 55.2 Å². The second-order valence-corrected chi connectivity index (χ2v) is 15.7. The molecular formula is C49H46O3. The van der Waals surface area contributed by atoms with E-state index in [-0.39, 0.29) is 16.2 Å². The summed E-state index contributed by atoms with van der Waals surface area (Å²) < 4.78 is 17.2. The topological polar surface area (TPSA) is 27.7 Å². The zero-order valence-electron chi connectivity index (χ0n) is 30.4. The van der Waals surface area contributed by atoms with E-state index in [9.17, 15) is 0 Å². The van der Waals surface area contributed by atoms with Crippen LogP contribution in [0, 0.1) is 5.92 Å². The van der Waals surface area contributed by atoms with Crippen LogP contribution in [0.5, 0.6) is 17.2 Å². The summed E-state index contributed by atoms with van der Waals surface area (Å²) in [6.07, 6.45) is 7.30. The van der Waals surface area contributed by atoms with Crippen molar-refractivity contribution in [3.05, 3.63) is 162 Å². The third kappa shape index (κ3) is 5.32. The molecule has 4 bridgehead atoms. The normalized spacial score (nSPS) is 24.4. The van der Waals surface area contributed by atoms with Crippen LogP contribution in [0.25, 0.3) is 33.4 Å². The van der Waals surface area contributed by atoms with Gasteiger partial charge in [0, 0.05) is 16.7 Å². The number of rotatable bonds is 9. The van der Waals surface area contributed by atoms with E-state index in [0.29, 0.717) is 5.92 Å². The molecule has 6 aromatic rings. The predicted octanol–water partition coefficient (Wildman–Crippen LogP) is 11.8. The maximum atomic E-state index is 5.74. The average Bonchev–Trinajstić information content (AvgIpc) is 3.20. The van der Waals surface area contributed by atoms with Crippen LogP contribution < -0.4 is 14.2 Å². The summed E-state index contributed by atoms with van der Waals surface area (Å²) in [5, 5.41) is 0. The van der Waals surface area contributed by atoms with Gasteiger partial charge in [0.2, 0.25) is 0 Å². The fourth-order valence-electron chi connectivity index (χ4n) is 11.1. The van der Waals surface area contributed by atoms with Crippen LogP contribution in [0.2, 0.25) is 0 Å². The molecule has 260 valence electrons. The number of hydrogen-bond acceptors (Lipinski definition) is 3. The van der Waals surface area contributed by atoms with E-state index in [4.69, 9.17) is 14.2 Å². The van der Waals surface area contributed by atoms with Gasteiger partial charge in [-0.3, -0.25) is 0 Å². The van der Waals surface area contributed by atoms with Crippen LogP contribution >= 0.6 is 0 Å². The molecule has 0 aromatic heterocycles. The quantitative estimate of drug-likeness (QED) is 0.152. The molecular weight excluding hydrogens is 637 g/mol. The van der Waals surface area contributed by atoms with E-state index in [2.05, 4.69) is 109 Å². The molecule has 4 aliphatic rings. The third-order valence-electron chi connectivity index (χ3n) is 12.8. The molecule has 0 N–H and O–H groups in total. The first kappa shape index (κ1) is 32.6. The second kappa shape index (κ2) is 12.7. The third-order valence-corrected chi connectivity index (χ3v) is 12.8. The molecule has 10 rings (SSSR count). The highest BCUT2D eigenvalue weighted by molar-refractivity contribution is 5.73. The number of para-hydroxylation sites is 3. The minimum atomic E-state index is 0.0986. The smallest absolute Gasteiger partial charge is 0.126 e. The van der Waals surface area contributed by atoms with Gasteiger partial charge in [0.25, 0.3) is 0 Å². The molecule has 4 aliphatic carbocycles. The summed E-state index contributed by atoms with van der Waals surface area (Å²) >= 11 is 0. The molecule has 0 radical (unpaired) electrons. The Hall–Kier alpha value is -5.28. The molecule has 4 saturated carbocycles. The fourth-order valence-corrected chi connectivity index (χ4v) is 11.1. The van der Waals surface area contributed by atoms with Crippen molar-refractivity contribution in [3.63, 3.8) is 0 Å². The highest BCUT2D eigenvalue weighted by Crippen LogP contribution is 2.71. The Labute approximate surface area is 308 Å². The van der Waals surface area contributed by atoms with Crippen molar-refractivity contribution < 1.29 is 14.2 Å². The molecule has 0 aliphatic heterocycles. The number of methoxy groups -OCH3 is 3. The van der Waals surface area contributed by atoms with Crippen LogP contribution in [-0.2, 0) is 16.2 Å². The van der Waals surface area contributed by atoms with Gasteiger partial charge in [0.1, 0.15) is 17.2 Å². The molecule has 0 spiro atoms. The van der Waals surface area contributed by atoms with Crippen LogP contribution in [0.15, 0.2) is 146 Å². The zero-order chi connectivity index (χ0) is 35.3. The van der Waals surface area contributed by atoms with Crippen LogP contribution in [-0.4, -0.2) is 21.3 Å². The molecule has 52 heavy (non-hydrogen) atoms. The van der Waals surface area contributed by atoms with E-state index in [1.54, 1.807) is 21.3 Å². The van der Waals surface area contributed by atoms with Crippen molar-refractivity contribution in [3.8, 4) is 50.6 Å². The van der Waals surface area contributed by atoms with Gasteiger partial charge in [-0.25, -0.2) is 0 Å². The van der Waals surface area contributed by atoms with E-state index in [1.165, 1.54) is 71.9 Å². The monoisotopic (exact) mass is 682 g/mol. The van der Waals surface area contributed by atoms with Crippen LogP contribution in [0.4, 0.5) is 0 Å². The van der Waals surface area contributed by atoms with Gasteiger partial charge in [-0.1, -0.05) is 127 Å². The summed E-state index contributed by atoms with van der Waals surface area (Å²) in [6, 6.07) is 53.6. The van der Waals surface area contributed by atoms with Crippen molar-refractivity contribution in [2.45, 2.75) is 54.8 Å². The van der Waals surface area contributed by atoms with Gasteiger partial charge in [-0.2, -0.15) is 0 Å². The summed E-state index contributed by atoms with van der Waals surface area (Å²) in [5.41, 5.74) is 11.8. The number of benzene rings is 6. The maximum absolute atomic E-state index is 5.74. The lowest BCUT2D eigenvalue weighted by molar-refractivity contribution is -0.0493. The summed E-state index contributed by atoms with van der Waals surface area (Å²) in [6.45, 7) is 0. The van der Waals surface area contributed by atoms with Crippen molar-refractivity contribution in [2.75, 3.05) is 21.3 Å². The molecule has 0 amide bonds. The lowest BCUT2D eigenvalue weighted by Crippen LogP contribution is -2.61.